The molecule has 2 N–H and O–H groups in total. The predicted octanol–water partition coefficient (Wildman–Crippen LogP) is 1.87. The smallest absolute Gasteiger partial charge is 0.293 e. The lowest BCUT2D eigenvalue weighted by Gasteiger charge is -2.29. The molecule has 4 amide bonds. The molecule has 35 heavy (non-hydrogen) atoms. The molecule has 1 atom stereocenters. The molecule has 1 unspecified atom stereocenters. The third-order valence-electron chi connectivity index (χ3n) is 7.04. The van der Waals surface area contributed by atoms with Crippen LogP contribution in [0.25, 0.3) is 11.0 Å². The van der Waals surface area contributed by atoms with Gasteiger partial charge in [-0.25, -0.2) is 14.6 Å². The van der Waals surface area contributed by atoms with Gasteiger partial charge in [0.05, 0.1) is 17.1 Å². The monoisotopic (exact) mass is 473 g/mol. The fourth-order valence-corrected chi connectivity index (χ4v) is 4.90. The van der Waals surface area contributed by atoms with Crippen LogP contribution in [-0.4, -0.2) is 54.3 Å². The van der Waals surface area contributed by atoms with Crippen molar-refractivity contribution >= 4 is 40.3 Å². The van der Waals surface area contributed by atoms with E-state index in [1.54, 1.807) is 24.4 Å². The molecule has 0 bridgehead atoms. The Bertz CT molecular complexity index is 1420. The van der Waals surface area contributed by atoms with E-state index >= 15 is 0 Å². The number of aromatic nitrogens is 4. The number of carbonyl (C=O) groups is 4. The van der Waals surface area contributed by atoms with E-state index in [1.807, 2.05) is 11.6 Å². The maximum atomic E-state index is 13.0. The van der Waals surface area contributed by atoms with Gasteiger partial charge in [0.15, 0.2) is 5.65 Å². The second-order valence-corrected chi connectivity index (χ2v) is 9.27. The molecule has 2 aliphatic heterocycles. The minimum absolute atomic E-state index is 0.0414. The molecular formula is C24H23N7O4. The molecule has 11 heteroatoms. The van der Waals surface area contributed by atoms with Crippen molar-refractivity contribution in [2.24, 2.45) is 0 Å². The van der Waals surface area contributed by atoms with E-state index in [0.717, 1.165) is 30.3 Å². The van der Waals surface area contributed by atoms with Gasteiger partial charge in [0.2, 0.25) is 17.6 Å². The summed E-state index contributed by atoms with van der Waals surface area (Å²) in [6, 6.07) is 4.62. The third-order valence-corrected chi connectivity index (χ3v) is 7.04. The van der Waals surface area contributed by atoms with Crippen LogP contribution in [0, 0.1) is 6.92 Å². The van der Waals surface area contributed by atoms with Crippen LogP contribution in [0.5, 0.6) is 0 Å². The van der Waals surface area contributed by atoms with Gasteiger partial charge >= 0.3 is 0 Å². The highest BCUT2D eigenvalue weighted by Gasteiger charge is 2.39. The number of nitrogens with zero attached hydrogens (tertiary/aromatic N) is 5. The Morgan fingerprint density at radius 1 is 1.17 bits per heavy atom. The SMILES string of the molecule is Cc1nn(C2CCC2)c2nc(C(=O)Nc3ccc4c(c3)CN(C3CCC(=O)NC3=O)C4=O)ncc12. The lowest BCUT2D eigenvalue weighted by atomic mass is 9.93. The third kappa shape index (κ3) is 3.54. The molecule has 0 radical (unpaired) electrons. The van der Waals surface area contributed by atoms with Crippen molar-refractivity contribution in [2.45, 2.75) is 57.7 Å². The molecule has 178 valence electrons. The first kappa shape index (κ1) is 21.4. The van der Waals surface area contributed by atoms with Gasteiger partial charge in [0.1, 0.15) is 6.04 Å². The molecule has 1 aliphatic carbocycles. The van der Waals surface area contributed by atoms with Crippen LogP contribution in [0.15, 0.2) is 24.4 Å². The first-order chi connectivity index (χ1) is 16.9. The summed E-state index contributed by atoms with van der Waals surface area (Å²) in [5, 5.41) is 10.5. The van der Waals surface area contributed by atoms with Gasteiger partial charge in [-0.05, 0) is 56.4 Å². The Balaban J connectivity index is 1.22. The highest BCUT2D eigenvalue weighted by Crippen LogP contribution is 2.34. The van der Waals surface area contributed by atoms with Crippen LogP contribution in [0.4, 0.5) is 5.69 Å². The zero-order valence-electron chi connectivity index (χ0n) is 19.1. The van der Waals surface area contributed by atoms with Crippen LogP contribution in [0.2, 0.25) is 0 Å². The first-order valence-corrected chi connectivity index (χ1v) is 11.7. The summed E-state index contributed by atoms with van der Waals surface area (Å²) in [7, 11) is 0. The largest absolute Gasteiger partial charge is 0.322 e. The van der Waals surface area contributed by atoms with E-state index < -0.39 is 17.9 Å². The number of amides is 4. The van der Waals surface area contributed by atoms with Crippen molar-refractivity contribution in [3.05, 3.63) is 47.0 Å². The number of nitrogens with one attached hydrogen (secondary N) is 2. The molecule has 1 saturated heterocycles. The van der Waals surface area contributed by atoms with Gasteiger partial charge in [0.25, 0.3) is 11.8 Å². The van der Waals surface area contributed by atoms with Crippen molar-refractivity contribution in [1.82, 2.24) is 30.0 Å². The van der Waals surface area contributed by atoms with E-state index in [1.165, 1.54) is 4.90 Å². The van der Waals surface area contributed by atoms with E-state index in [4.69, 9.17) is 0 Å². The molecule has 11 nitrogen and oxygen atoms in total. The average Bonchev–Trinajstić information content (AvgIpc) is 3.29. The quantitative estimate of drug-likeness (QED) is 0.552. The summed E-state index contributed by atoms with van der Waals surface area (Å²) in [6.07, 6.45) is 5.38. The highest BCUT2D eigenvalue weighted by atomic mass is 16.2. The van der Waals surface area contributed by atoms with E-state index in [2.05, 4.69) is 25.7 Å². The molecule has 0 spiro atoms. The molecule has 3 aromatic rings. The summed E-state index contributed by atoms with van der Waals surface area (Å²) in [4.78, 5) is 59.7. The fraction of sp³-hybridized carbons (Fsp3) is 0.375. The minimum atomic E-state index is -0.685. The van der Waals surface area contributed by atoms with Crippen molar-refractivity contribution < 1.29 is 19.2 Å². The van der Waals surface area contributed by atoms with Crippen LogP contribution in [-0.2, 0) is 16.1 Å². The summed E-state index contributed by atoms with van der Waals surface area (Å²) in [6.45, 7) is 2.14. The number of imide groups is 1. The maximum absolute atomic E-state index is 13.0. The van der Waals surface area contributed by atoms with E-state index in [9.17, 15) is 19.2 Å². The number of anilines is 1. The number of piperidine rings is 1. The van der Waals surface area contributed by atoms with Crippen LogP contribution in [0.1, 0.15) is 70.4 Å². The molecule has 1 aromatic carbocycles. The number of fused-ring (bicyclic) bond motifs is 2. The molecule has 2 aromatic heterocycles. The molecule has 3 aliphatic rings. The summed E-state index contributed by atoms with van der Waals surface area (Å²) >= 11 is 0. The fourth-order valence-electron chi connectivity index (χ4n) is 4.90. The van der Waals surface area contributed by atoms with Gasteiger partial charge in [-0.2, -0.15) is 5.10 Å². The Morgan fingerprint density at radius 2 is 2.00 bits per heavy atom. The number of aryl methyl sites for hydroxylation is 1. The number of hydrogen-bond acceptors (Lipinski definition) is 7. The summed E-state index contributed by atoms with van der Waals surface area (Å²) in [5.41, 5.74) is 3.17. The van der Waals surface area contributed by atoms with Crippen molar-refractivity contribution in [2.75, 3.05) is 5.32 Å². The maximum Gasteiger partial charge on any atom is 0.293 e. The van der Waals surface area contributed by atoms with Gasteiger partial charge in [-0.3, -0.25) is 24.5 Å². The second-order valence-electron chi connectivity index (χ2n) is 9.27. The first-order valence-electron chi connectivity index (χ1n) is 11.7. The van der Waals surface area contributed by atoms with Gasteiger partial charge in [-0.1, -0.05) is 0 Å². The molecule has 6 rings (SSSR count). The number of benzene rings is 1. The van der Waals surface area contributed by atoms with Crippen LogP contribution in [0.3, 0.4) is 0 Å². The van der Waals surface area contributed by atoms with Gasteiger partial charge in [-0.15, -0.1) is 0 Å². The molecule has 2 fully saturated rings. The molecule has 1 saturated carbocycles. The molecular weight excluding hydrogens is 450 g/mol. The summed E-state index contributed by atoms with van der Waals surface area (Å²) < 4.78 is 1.90. The Kier molecular flexibility index (Phi) is 4.87. The second kappa shape index (κ2) is 7.97. The van der Waals surface area contributed by atoms with Crippen molar-refractivity contribution in [3.63, 3.8) is 0 Å². The predicted molar refractivity (Wildman–Crippen MR) is 123 cm³/mol. The van der Waals surface area contributed by atoms with Gasteiger partial charge in [0, 0.05) is 30.4 Å². The number of rotatable bonds is 4. The topological polar surface area (TPSA) is 139 Å². The Hall–Kier alpha value is -4.15. The average molecular weight is 473 g/mol. The number of hydrogen-bond donors (Lipinski definition) is 2. The zero-order valence-corrected chi connectivity index (χ0v) is 19.1. The van der Waals surface area contributed by atoms with Crippen molar-refractivity contribution in [3.8, 4) is 0 Å². The lowest BCUT2D eigenvalue weighted by Crippen LogP contribution is -2.52. The standard InChI is InChI=1S/C24H23N7O4/c1-12-17-10-25-20(28-21(17)31(29-12)15-3-2-4-15)23(34)26-14-5-6-16-13(9-14)11-30(24(16)35)18-7-8-19(32)27-22(18)33/h5-6,9-10,15,18H,2-4,7-8,11H2,1H3,(H,26,34)(H,27,32,33). The van der Waals surface area contributed by atoms with Crippen LogP contribution < -0.4 is 10.6 Å². The highest BCUT2D eigenvalue weighted by molar-refractivity contribution is 6.06. The van der Waals surface area contributed by atoms with Crippen molar-refractivity contribution in [1.29, 1.82) is 0 Å². The number of carbonyl (C=O) groups excluding carboxylic acids is 4. The lowest BCUT2D eigenvalue weighted by molar-refractivity contribution is -0.136. The minimum Gasteiger partial charge on any atom is -0.322 e. The normalized spacial score (nSPS) is 20.1. The van der Waals surface area contributed by atoms with E-state index in [0.29, 0.717) is 34.9 Å². The van der Waals surface area contributed by atoms with Gasteiger partial charge < -0.3 is 10.2 Å². The summed E-state index contributed by atoms with van der Waals surface area (Å²) in [5.74, 6) is -1.47. The van der Waals surface area contributed by atoms with Crippen LogP contribution >= 0.6 is 0 Å². The Morgan fingerprint density at radius 3 is 2.74 bits per heavy atom. The Labute approximate surface area is 199 Å². The van der Waals surface area contributed by atoms with E-state index in [-0.39, 0.29) is 30.6 Å². The molecule has 4 heterocycles. The zero-order chi connectivity index (χ0) is 24.3.